The van der Waals surface area contributed by atoms with Gasteiger partial charge in [0.1, 0.15) is 0 Å². The lowest BCUT2D eigenvalue weighted by Gasteiger charge is -2.16. The summed E-state index contributed by atoms with van der Waals surface area (Å²) < 4.78 is 40.9. The lowest BCUT2D eigenvalue weighted by molar-refractivity contribution is -0.214. The summed E-state index contributed by atoms with van der Waals surface area (Å²) in [6.45, 7) is 0.610. The number of nitrogens with one attached hydrogen (secondary N) is 1. The Morgan fingerprint density at radius 2 is 1.95 bits per heavy atom. The van der Waals surface area contributed by atoms with E-state index in [4.69, 9.17) is 5.73 Å². The normalized spacial score (nSPS) is 13.1. The molecule has 1 aromatic rings. The molecule has 4 nitrogen and oxygen atoms in total. The first kappa shape index (κ1) is 15.3. The van der Waals surface area contributed by atoms with Gasteiger partial charge in [-0.2, -0.15) is 13.2 Å². The van der Waals surface area contributed by atoms with Gasteiger partial charge in [0.15, 0.2) is 6.10 Å². The topological polar surface area (TPSA) is 64.3 Å². The molecule has 3 N–H and O–H groups in total. The molecule has 0 saturated heterocycles. The van der Waals surface area contributed by atoms with E-state index in [1.807, 2.05) is 0 Å². The number of hydrogen-bond donors (Lipinski definition) is 2. The minimum atomic E-state index is -4.41. The van der Waals surface area contributed by atoms with E-state index in [0.717, 1.165) is 6.92 Å². The standard InChI is InChI=1S/C12H15F3N2O2/c1-8(12(13,14)15)19-7-6-11(18)17-10-4-2-9(16)3-5-10/h2-5,8H,6-7,16H2,1H3,(H,17,18). The van der Waals surface area contributed by atoms with Crippen molar-refractivity contribution in [2.45, 2.75) is 25.6 Å². The number of ether oxygens (including phenoxy) is 1. The van der Waals surface area contributed by atoms with Crippen LogP contribution in [0.2, 0.25) is 0 Å². The fourth-order valence-corrected chi connectivity index (χ4v) is 1.21. The molecule has 1 atom stereocenters. The van der Waals surface area contributed by atoms with Crippen LogP contribution in [-0.2, 0) is 9.53 Å². The first-order valence-electron chi connectivity index (χ1n) is 5.63. The van der Waals surface area contributed by atoms with Gasteiger partial charge in [-0.1, -0.05) is 0 Å². The summed E-state index contributed by atoms with van der Waals surface area (Å²) in [5, 5.41) is 2.53. The molecule has 7 heteroatoms. The Morgan fingerprint density at radius 1 is 1.37 bits per heavy atom. The predicted octanol–water partition coefficient (Wildman–Crippen LogP) is 2.56. The molecule has 0 radical (unpaired) electrons. The van der Waals surface area contributed by atoms with Gasteiger partial charge >= 0.3 is 6.18 Å². The number of carbonyl (C=O) groups is 1. The number of nitrogen functional groups attached to an aromatic ring is 1. The van der Waals surface area contributed by atoms with E-state index in [1.165, 1.54) is 0 Å². The van der Waals surface area contributed by atoms with Crippen LogP contribution in [0.5, 0.6) is 0 Å². The van der Waals surface area contributed by atoms with Gasteiger partial charge in [-0.15, -0.1) is 0 Å². The number of rotatable bonds is 5. The van der Waals surface area contributed by atoms with Crippen LogP contribution in [0.15, 0.2) is 24.3 Å². The van der Waals surface area contributed by atoms with E-state index < -0.39 is 18.2 Å². The van der Waals surface area contributed by atoms with Gasteiger partial charge in [-0.25, -0.2) is 0 Å². The molecule has 19 heavy (non-hydrogen) atoms. The Balaban J connectivity index is 2.31. The molecular weight excluding hydrogens is 261 g/mol. The van der Waals surface area contributed by atoms with Gasteiger partial charge in [0.25, 0.3) is 0 Å². The third-order valence-corrected chi connectivity index (χ3v) is 2.35. The Bertz CT molecular complexity index is 418. The first-order valence-corrected chi connectivity index (χ1v) is 5.63. The maximum atomic E-state index is 12.1. The van der Waals surface area contributed by atoms with Gasteiger partial charge in [0.05, 0.1) is 13.0 Å². The summed E-state index contributed by atoms with van der Waals surface area (Å²) >= 11 is 0. The number of carbonyl (C=O) groups excluding carboxylic acids is 1. The lowest BCUT2D eigenvalue weighted by Crippen LogP contribution is -2.29. The van der Waals surface area contributed by atoms with Crippen LogP contribution < -0.4 is 11.1 Å². The number of halogens is 3. The SMILES string of the molecule is CC(OCCC(=O)Nc1ccc(N)cc1)C(F)(F)F. The molecule has 0 aromatic heterocycles. The van der Waals surface area contributed by atoms with Crippen molar-refractivity contribution >= 4 is 17.3 Å². The zero-order valence-electron chi connectivity index (χ0n) is 10.3. The van der Waals surface area contributed by atoms with E-state index >= 15 is 0 Å². The summed E-state index contributed by atoms with van der Waals surface area (Å²) in [6.07, 6.45) is -6.44. The maximum absolute atomic E-state index is 12.1. The van der Waals surface area contributed by atoms with E-state index in [-0.39, 0.29) is 13.0 Å². The summed E-state index contributed by atoms with van der Waals surface area (Å²) in [7, 11) is 0. The molecule has 1 rings (SSSR count). The maximum Gasteiger partial charge on any atom is 0.414 e. The Hall–Kier alpha value is -1.76. The second-order valence-corrected chi connectivity index (χ2v) is 3.97. The van der Waals surface area contributed by atoms with Crippen LogP contribution in [-0.4, -0.2) is 24.8 Å². The molecular formula is C12H15F3N2O2. The number of benzene rings is 1. The van der Waals surface area contributed by atoms with Crippen molar-refractivity contribution < 1.29 is 22.7 Å². The molecule has 0 aliphatic carbocycles. The van der Waals surface area contributed by atoms with Crippen molar-refractivity contribution in [2.24, 2.45) is 0 Å². The van der Waals surface area contributed by atoms with Crippen LogP contribution in [0.1, 0.15) is 13.3 Å². The number of anilines is 2. The Kier molecular flexibility index (Phi) is 5.17. The van der Waals surface area contributed by atoms with Gasteiger partial charge in [-0.3, -0.25) is 4.79 Å². The van der Waals surface area contributed by atoms with Crippen molar-refractivity contribution in [1.82, 2.24) is 0 Å². The summed E-state index contributed by atoms with van der Waals surface area (Å²) in [6, 6.07) is 6.43. The fourth-order valence-electron chi connectivity index (χ4n) is 1.21. The monoisotopic (exact) mass is 276 g/mol. The Morgan fingerprint density at radius 3 is 2.47 bits per heavy atom. The Labute approximate surface area is 108 Å². The molecule has 1 amide bonds. The average molecular weight is 276 g/mol. The van der Waals surface area contributed by atoms with Crippen LogP contribution in [0.3, 0.4) is 0 Å². The molecule has 0 saturated carbocycles. The van der Waals surface area contributed by atoms with Crippen LogP contribution in [0.4, 0.5) is 24.5 Å². The van der Waals surface area contributed by atoms with Crippen molar-refractivity contribution in [2.75, 3.05) is 17.7 Å². The van der Waals surface area contributed by atoms with Crippen LogP contribution in [0, 0.1) is 0 Å². The second kappa shape index (κ2) is 6.42. The minimum absolute atomic E-state index is 0.148. The predicted molar refractivity (Wildman–Crippen MR) is 65.6 cm³/mol. The highest BCUT2D eigenvalue weighted by Gasteiger charge is 2.36. The fraction of sp³-hybridized carbons (Fsp3) is 0.417. The highest BCUT2D eigenvalue weighted by Crippen LogP contribution is 2.22. The van der Waals surface area contributed by atoms with Gasteiger partial charge in [-0.05, 0) is 31.2 Å². The minimum Gasteiger partial charge on any atom is -0.399 e. The number of amides is 1. The highest BCUT2D eigenvalue weighted by molar-refractivity contribution is 5.90. The molecule has 0 bridgehead atoms. The lowest BCUT2D eigenvalue weighted by atomic mass is 10.3. The van der Waals surface area contributed by atoms with Gasteiger partial charge in [0.2, 0.25) is 5.91 Å². The molecule has 1 unspecified atom stereocenters. The zero-order valence-corrected chi connectivity index (χ0v) is 10.3. The molecule has 1 aromatic carbocycles. The van der Waals surface area contributed by atoms with E-state index in [9.17, 15) is 18.0 Å². The summed E-state index contributed by atoms with van der Waals surface area (Å²) in [5.41, 5.74) is 6.56. The van der Waals surface area contributed by atoms with Crippen LogP contribution in [0.25, 0.3) is 0 Å². The summed E-state index contributed by atoms with van der Waals surface area (Å²) in [5.74, 6) is -0.417. The third-order valence-electron chi connectivity index (χ3n) is 2.35. The van der Waals surface area contributed by atoms with Crippen LogP contribution >= 0.6 is 0 Å². The van der Waals surface area contributed by atoms with E-state index in [1.54, 1.807) is 24.3 Å². The quantitative estimate of drug-likeness (QED) is 0.812. The third kappa shape index (κ3) is 5.60. The molecule has 0 aliphatic heterocycles. The molecule has 106 valence electrons. The molecule has 0 fully saturated rings. The number of hydrogen-bond acceptors (Lipinski definition) is 3. The van der Waals surface area contributed by atoms with Gasteiger partial charge in [0, 0.05) is 11.4 Å². The van der Waals surface area contributed by atoms with E-state index in [0.29, 0.717) is 11.4 Å². The molecule has 0 heterocycles. The molecule has 0 aliphatic rings. The van der Waals surface area contributed by atoms with E-state index in [2.05, 4.69) is 10.1 Å². The van der Waals surface area contributed by atoms with Crippen molar-refractivity contribution in [3.05, 3.63) is 24.3 Å². The van der Waals surface area contributed by atoms with Gasteiger partial charge < -0.3 is 15.8 Å². The smallest absolute Gasteiger partial charge is 0.399 e. The number of alkyl halides is 3. The van der Waals surface area contributed by atoms with Crippen molar-refractivity contribution in [1.29, 1.82) is 0 Å². The summed E-state index contributed by atoms with van der Waals surface area (Å²) in [4.78, 5) is 11.4. The number of nitrogens with two attached hydrogens (primary N) is 1. The largest absolute Gasteiger partial charge is 0.414 e. The zero-order chi connectivity index (χ0) is 14.5. The first-order chi connectivity index (χ1) is 8.79. The highest BCUT2D eigenvalue weighted by atomic mass is 19.4. The average Bonchev–Trinajstić information content (AvgIpc) is 2.31. The van der Waals surface area contributed by atoms with Crippen molar-refractivity contribution in [3.8, 4) is 0 Å². The second-order valence-electron chi connectivity index (χ2n) is 3.97. The van der Waals surface area contributed by atoms with Crippen molar-refractivity contribution in [3.63, 3.8) is 0 Å². The molecule has 0 spiro atoms.